The van der Waals surface area contributed by atoms with Gasteiger partial charge in [-0.1, -0.05) is 6.07 Å². The fourth-order valence-corrected chi connectivity index (χ4v) is 2.07. The second-order valence-electron chi connectivity index (χ2n) is 4.60. The molecule has 0 bridgehead atoms. The maximum absolute atomic E-state index is 12.1. The van der Waals surface area contributed by atoms with E-state index in [2.05, 4.69) is 15.4 Å². The Morgan fingerprint density at radius 2 is 2.24 bits per heavy atom. The Kier molecular flexibility index (Phi) is 6.80. The molecule has 2 rings (SSSR count). The summed E-state index contributed by atoms with van der Waals surface area (Å²) in [5.41, 5.74) is 0.239. The van der Waals surface area contributed by atoms with Gasteiger partial charge in [0.25, 0.3) is 5.91 Å². The Hall–Kier alpha value is -1.44. The normalized spacial score (nSPS) is 21.0. The maximum Gasteiger partial charge on any atom is 0.387 e. The first-order valence-corrected chi connectivity index (χ1v) is 6.28. The number of carbonyl (C=O) groups excluding carboxylic acids is 1. The number of alkyl halides is 2. The summed E-state index contributed by atoms with van der Waals surface area (Å²) in [5.74, 6) is -0.488. The van der Waals surface area contributed by atoms with Gasteiger partial charge >= 0.3 is 6.61 Å². The molecule has 2 unspecified atom stereocenters. The average Bonchev–Trinajstić information content (AvgIpc) is 2.81. The molecule has 1 aromatic carbocycles. The van der Waals surface area contributed by atoms with Crippen LogP contribution in [0, 0.1) is 5.92 Å². The van der Waals surface area contributed by atoms with E-state index < -0.39 is 12.7 Å². The molecule has 1 aliphatic heterocycles. The van der Waals surface area contributed by atoms with E-state index in [0.29, 0.717) is 19.6 Å². The first-order chi connectivity index (χ1) is 9.56. The molecule has 0 aromatic heterocycles. The Bertz CT molecular complexity index is 476. The van der Waals surface area contributed by atoms with E-state index in [1.807, 2.05) is 0 Å². The molecule has 5 nitrogen and oxygen atoms in total. The van der Waals surface area contributed by atoms with Gasteiger partial charge in [0.1, 0.15) is 5.75 Å². The van der Waals surface area contributed by atoms with E-state index in [4.69, 9.17) is 0 Å². The predicted octanol–water partition coefficient (Wildman–Crippen LogP) is 1.02. The topological polar surface area (TPSA) is 70.6 Å². The zero-order chi connectivity index (χ0) is 14.5. The molecule has 2 atom stereocenters. The number of amides is 1. The number of halogens is 3. The number of aliphatic hydroxyl groups is 1. The van der Waals surface area contributed by atoms with Gasteiger partial charge in [0, 0.05) is 31.1 Å². The van der Waals surface area contributed by atoms with Crippen LogP contribution in [0.3, 0.4) is 0 Å². The summed E-state index contributed by atoms with van der Waals surface area (Å²) in [7, 11) is 0. The number of β-amino-alcohol motifs (C(OH)–C–C–N with tert-alkyl or cyclic N) is 1. The molecular formula is C13H17ClF2N2O3. The number of carbonyl (C=O) groups is 1. The molecule has 21 heavy (non-hydrogen) atoms. The van der Waals surface area contributed by atoms with Gasteiger partial charge in [-0.25, -0.2) is 0 Å². The second-order valence-corrected chi connectivity index (χ2v) is 4.60. The molecule has 3 N–H and O–H groups in total. The maximum atomic E-state index is 12.1. The predicted molar refractivity (Wildman–Crippen MR) is 75.0 cm³/mol. The van der Waals surface area contributed by atoms with Crippen molar-refractivity contribution in [3.05, 3.63) is 29.8 Å². The van der Waals surface area contributed by atoms with Gasteiger partial charge in [0.15, 0.2) is 0 Å². The van der Waals surface area contributed by atoms with Crippen molar-refractivity contribution in [2.24, 2.45) is 5.92 Å². The number of ether oxygens (including phenoxy) is 1. The monoisotopic (exact) mass is 322 g/mol. The van der Waals surface area contributed by atoms with Crippen LogP contribution in [0.15, 0.2) is 24.3 Å². The van der Waals surface area contributed by atoms with Crippen LogP contribution in [-0.4, -0.2) is 43.4 Å². The Balaban J connectivity index is 0.00000220. The van der Waals surface area contributed by atoms with Crippen molar-refractivity contribution in [2.75, 3.05) is 19.6 Å². The minimum absolute atomic E-state index is 0. The lowest BCUT2D eigenvalue weighted by atomic mass is 10.1. The van der Waals surface area contributed by atoms with E-state index in [1.54, 1.807) is 0 Å². The lowest BCUT2D eigenvalue weighted by Crippen LogP contribution is -2.34. The standard InChI is InChI=1S/C13H16F2N2O3.ClH/c14-13(15)20-10-3-1-2-8(4-10)12(19)17-6-9-5-16-7-11(9)18;/h1-4,9,11,13,16,18H,5-7H2,(H,17,19);1H. The molecule has 0 radical (unpaired) electrons. The van der Waals surface area contributed by atoms with Crippen LogP contribution in [0.4, 0.5) is 8.78 Å². The van der Waals surface area contributed by atoms with Gasteiger partial charge < -0.3 is 20.5 Å². The molecule has 1 saturated heterocycles. The number of hydrogen-bond donors (Lipinski definition) is 3. The third-order valence-corrected chi connectivity index (χ3v) is 3.15. The smallest absolute Gasteiger partial charge is 0.387 e. The van der Waals surface area contributed by atoms with E-state index in [0.717, 1.165) is 0 Å². The lowest BCUT2D eigenvalue weighted by Gasteiger charge is -2.14. The SMILES string of the molecule is Cl.O=C(NCC1CNCC1O)c1cccc(OC(F)F)c1. The highest BCUT2D eigenvalue weighted by atomic mass is 35.5. The fraction of sp³-hybridized carbons (Fsp3) is 0.462. The van der Waals surface area contributed by atoms with E-state index in [1.165, 1.54) is 24.3 Å². The minimum Gasteiger partial charge on any atom is -0.435 e. The van der Waals surface area contributed by atoms with Gasteiger partial charge in [-0.3, -0.25) is 4.79 Å². The fourth-order valence-electron chi connectivity index (χ4n) is 2.07. The third kappa shape index (κ3) is 5.11. The zero-order valence-corrected chi connectivity index (χ0v) is 11.9. The van der Waals surface area contributed by atoms with Gasteiger partial charge in [-0.2, -0.15) is 8.78 Å². The van der Waals surface area contributed by atoms with Crippen LogP contribution in [0.2, 0.25) is 0 Å². The van der Waals surface area contributed by atoms with Crippen LogP contribution in [0.5, 0.6) is 5.75 Å². The first kappa shape index (κ1) is 17.6. The molecule has 1 aliphatic rings. The van der Waals surface area contributed by atoms with Gasteiger partial charge in [0.05, 0.1) is 6.10 Å². The third-order valence-electron chi connectivity index (χ3n) is 3.15. The minimum atomic E-state index is -2.92. The first-order valence-electron chi connectivity index (χ1n) is 6.28. The second kappa shape index (κ2) is 8.11. The van der Waals surface area contributed by atoms with Crippen molar-refractivity contribution >= 4 is 18.3 Å². The molecule has 8 heteroatoms. The molecule has 118 valence electrons. The van der Waals surface area contributed by atoms with Crippen molar-refractivity contribution in [1.82, 2.24) is 10.6 Å². The highest BCUT2D eigenvalue weighted by Crippen LogP contribution is 2.16. The number of aliphatic hydroxyl groups excluding tert-OH is 1. The van der Waals surface area contributed by atoms with Crippen molar-refractivity contribution in [3.8, 4) is 5.75 Å². The van der Waals surface area contributed by atoms with Crippen LogP contribution in [0.25, 0.3) is 0 Å². The summed E-state index contributed by atoms with van der Waals surface area (Å²) >= 11 is 0. The van der Waals surface area contributed by atoms with Crippen LogP contribution in [-0.2, 0) is 0 Å². The van der Waals surface area contributed by atoms with Crippen LogP contribution >= 0.6 is 12.4 Å². The molecule has 0 aliphatic carbocycles. The lowest BCUT2D eigenvalue weighted by molar-refractivity contribution is -0.0498. The zero-order valence-electron chi connectivity index (χ0n) is 11.1. The van der Waals surface area contributed by atoms with Crippen LogP contribution in [0.1, 0.15) is 10.4 Å². The Morgan fingerprint density at radius 1 is 1.48 bits per heavy atom. The summed E-state index contributed by atoms with van der Waals surface area (Å²) in [6.45, 7) is -1.45. The van der Waals surface area contributed by atoms with Crippen molar-refractivity contribution in [3.63, 3.8) is 0 Å². The molecule has 0 spiro atoms. The Morgan fingerprint density at radius 3 is 2.86 bits per heavy atom. The molecular weight excluding hydrogens is 306 g/mol. The van der Waals surface area contributed by atoms with Gasteiger partial charge in [-0.05, 0) is 18.2 Å². The number of rotatable bonds is 5. The summed E-state index contributed by atoms with van der Waals surface area (Å²) in [6, 6.07) is 5.59. The summed E-state index contributed by atoms with van der Waals surface area (Å²) in [6.07, 6.45) is -0.483. The summed E-state index contributed by atoms with van der Waals surface area (Å²) in [5, 5.41) is 15.3. The largest absolute Gasteiger partial charge is 0.435 e. The Labute approximate surface area is 127 Å². The van der Waals surface area contributed by atoms with Crippen LogP contribution < -0.4 is 15.4 Å². The number of benzene rings is 1. The average molecular weight is 323 g/mol. The summed E-state index contributed by atoms with van der Waals surface area (Å²) < 4.78 is 28.4. The quantitative estimate of drug-likeness (QED) is 0.757. The molecule has 0 saturated carbocycles. The molecule has 1 fully saturated rings. The number of hydrogen-bond acceptors (Lipinski definition) is 4. The highest BCUT2D eigenvalue weighted by Gasteiger charge is 2.25. The van der Waals surface area contributed by atoms with E-state index in [-0.39, 0.29) is 35.5 Å². The van der Waals surface area contributed by atoms with Crippen molar-refractivity contribution < 1.29 is 23.4 Å². The molecule has 1 amide bonds. The van der Waals surface area contributed by atoms with Crippen molar-refractivity contribution in [2.45, 2.75) is 12.7 Å². The summed E-state index contributed by atoms with van der Waals surface area (Å²) in [4.78, 5) is 11.9. The molecule has 1 heterocycles. The van der Waals surface area contributed by atoms with Gasteiger partial charge in [-0.15, -0.1) is 12.4 Å². The van der Waals surface area contributed by atoms with Crippen molar-refractivity contribution in [1.29, 1.82) is 0 Å². The highest BCUT2D eigenvalue weighted by molar-refractivity contribution is 5.94. The molecule has 1 aromatic rings. The number of nitrogens with one attached hydrogen (secondary N) is 2. The van der Waals surface area contributed by atoms with E-state index in [9.17, 15) is 18.7 Å². The van der Waals surface area contributed by atoms with Gasteiger partial charge in [0.2, 0.25) is 0 Å². The van der Waals surface area contributed by atoms with E-state index >= 15 is 0 Å².